The Labute approximate surface area is 191 Å². The highest BCUT2D eigenvalue weighted by atomic mass is 16.7. The maximum absolute atomic E-state index is 13.3. The predicted molar refractivity (Wildman–Crippen MR) is 120 cm³/mol. The number of hydrogen-bond donors (Lipinski definition) is 0. The molecule has 2 aromatic rings. The van der Waals surface area contributed by atoms with E-state index in [0.29, 0.717) is 41.7 Å². The van der Waals surface area contributed by atoms with Crippen molar-refractivity contribution < 1.29 is 33.3 Å². The topological polar surface area (TPSA) is 83.5 Å². The van der Waals surface area contributed by atoms with Gasteiger partial charge in [-0.25, -0.2) is 4.79 Å². The van der Waals surface area contributed by atoms with Crippen LogP contribution in [0.2, 0.25) is 0 Å². The number of ether oxygens (including phenoxy) is 5. The lowest BCUT2D eigenvalue weighted by atomic mass is 10.0. The molecule has 0 aromatic heterocycles. The van der Waals surface area contributed by atoms with Crippen LogP contribution in [0.1, 0.15) is 18.1 Å². The van der Waals surface area contributed by atoms with Crippen molar-refractivity contribution in [3.05, 3.63) is 64.4 Å². The third-order valence-corrected chi connectivity index (χ3v) is 5.68. The third-order valence-electron chi connectivity index (χ3n) is 5.68. The molecule has 2 aliphatic heterocycles. The zero-order chi connectivity index (χ0) is 23.5. The lowest BCUT2D eigenvalue weighted by Crippen LogP contribution is -2.27. The Morgan fingerprint density at radius 3 is 2.52 bits per heavy atom. The van der Waals surface area contributed by atoms with Crippen LogP contribution in [-0.2, 0) is 20.7 Å². The second-order valence-electron chi connectivity index (χ2n) is 7.52. The van der Waals surface area contributed by atoms with E-state index in [0.717, 1.165) is 11.1 Å². The molecule has 4 rings (SSSR count). The van der Waals surface area contributed by atoms with E-state index < -0.39 is 5.97 Å². The summed E-state index contributed by atoms with van der Waals surface area (Å²) in [7, 11) is 4.46. The molecule has 1 amide bonds. The molecular formula is C25H25NO7. The van der Waals surface area contributed by atoms with Gasteiger partial charge in [-0.15, -0.1) is 0 Å². The van der Waals surface area contributed by atoms with E-state index in [2.05, 4.69) is 0 Å². The van der Waals surface area contributed by atoms with Crippen molar-refractivity contribution in [3.63, 3.8) is 0 Å². The van der Waals surface area contributed by atoms with E-state index in [-0.39, 0.29) is 23.8 Å². The quantitative estimate of drug-likeness (QED) is 0.472. The number of methoxy groups -OCH3 is 3. The van der Waals surface area contributed by atoms with Crippen molar-refractivity contribution >= 4 is 18.0 Å². The van der Waals surface area contributed by atoms with Crippen LogP contribution in [0.15, 0.2) is 53.2 Å². The maximum Gasteiger partial charge on any atom is 0.340 e. The van der Waals surface area contributed by atoms with Gasteiger partial charge in [0.25, 0.3) is 5.91 Å². The van der Waals surface area contributed by atoms with Crippen molar-refractivity contribution in [2.75, 3.05) is 34.7 Å². The Kier molecular flexibility index (Phi) is 6.26. The molecule has 0 unspecified atom stereocenters. The van der Waals surface area contributed by atoms with Crippen LogP contribution in [0.25, 0.3) is 6.08 Å². The summed E-state index contributed by atoms with van der Waals surface area (Å²) in [5.41, 5.74) is 2.79. The molecule has 0 N–H and O–H groups in total. The first-order valence-electron chi connectivity index (χ1n) is 10.4. The van der Waals surface area contributed by atoms with Crippen molar-refractivity contribution in [1.29, 1.82) is 0 Å². The summed E-state index contributed by atoms with van der Waals surface area (Å²) in [4.78, 5) is 27.5. The Bertz CT molecular complexity index is 1170. The van der Waals surface area contributed by atoms with E-state index in [1.807, 2.05) is 24.3 Å². The fourth-order valence-electron chi connectivity index (χ4n) is 3.94. The smallest absolute Gasteiger partial charge is 0.340 e. The van der Waals surface area contributed by atoms with E-state index in [9.17, 15) is 9.59 Å². The molecule has 8 heteroatoms. The van der Waals surface area contributed by atoms with Gasteiger partial charge in [0.15, 0.2) is 23.0 Å². The maximum atomic E-state index is 13.3. The summed E-state index contributed by atoms with van der Waals surface area (Å²) in [6, 6.07) is 11.0. The molecule has 0 fully saturated rings. The van der Waals surface area contributed by atoms with Crippen molar-refractivity contribution in [2.24, 2.45) is 0 Å². The minimum Gasteiger partial charge on any atom is -0.493 e. The Hall–Kier alpha value is -3.94. The summed E-state index contributed by atoms with van der Waals surface area (Å²) >= 11 is 0. The standard InChI is InChI=1S/C25H25NO7/c1-15-23(25(28)31-4)18(11-17-6-8-20-22(13-17)33-14-32-20)24(27)26(15)10-9-16-5-7-19(29-2)21(12-16)30-3/h5-8,11-13H,9-10,14H2,1-4H3/b18-11-. The van der Waals surface area contributed by atoms with Crippen LogP contribution in [-0.4, -0.2) is 51.4 Å². The van der Waals surface area contributed by atoms with Gasteiger partial charge in [-0.2, -0.15) is 0 Å². The van der Waals surface area contributed by atoms with Gasteiger partial charge < -0.3 is 28.6 Å². The lowest BCUT2D eigenvalue weighted by molar-refractivity contribution is -0.136. The van der Waals surface area contributed by atoms with Gasteiger partial charge >= 0.3 is 5.97 Å². The summed E-state index contributed by atoms with van der Waals surface area (Å²) in [5, 5.41) is 0. The minimum absolute atomic E-state index is 0.157. The van der Waals surface area contributed by atoms with Crippen LogP contribution in [0.4, 0.5) is 0 Å². The zero-order valence-electron chi connectivity index (χ0n) is 19.0. The Balaban J connectivity index is 1.61. The number of benzene rings is 2. The monoisotopic (exact) mass is 451 g/mol. The van der Waals surface area contributed by atoms with Crippen molar-refractivity contribution in [3.8, 4) is 23.0 Å². The number of allylic oxidation sites excluding steroid dienone is 1. The summed E-state index contributed by atoms with van der Waals surface area (Å²) < 4.78 is 26.4. The SMILES string of the molecule is COC(=O)C1=C(C)N(CCc2ccc(OC)c(OC)c2)C(=O)/C1=C\c1ccc2c(c1)OCO2. The Morgan fingerprint density at radius 2 is 1.79 bits per heavy atom. The van der Waals surface area contributed by atoms with Crippen LogP contribution in [0.5, 0.6) is 23.0 Å². The minimum atomic E-state index is -0.554. The number of hydrogen-bond acceptors (Lipinski definition) is 7. The molecule has 0 spiro atoms. The predicted octanol–water partition coefficient (Wildman–Crippen LogP) is 3.35. The molecule has 0 aliphatic carbocycles. The molecule has 0 saturated carbocycles. The first-order valence-corrected chi connectivity index (χ1v) is 10.4. The molecule has 33 heavy (non-hydrogen) atoms. The first-order chi connectivity index (χ1) is 16.0. The van der Waals surface area contributed by atoms with Crippen molar-refractivity contribution in [2.45, 2.75) is 13.3 Å². The highest BCUT2D eigenvalue weighted by molar-refractivity contribution is 6.16. The van der Waals surface area contributed by atoms with Gasteiger partial charge in [0.1, 0.15) is 0 Å². The average molecular weight is 451 g/mol. The number of rotatable bonds is 7. The molecule has 0 atom stereocenters. The highest BCUT2D eigenvalue weighted by Crippen LogP contribution is 2.36. The number of amides is 1. The highest BCUT2D eigenvalue weighted by Gasteiger charge is 2.36. The molecule has 2 aliphatic rings. The van der Waals surface area contributed by atoms with Gasteiger partial charge in [-0.05, 0) is 54.8 Å². The zero-order valence-corrected chi connectivity index (χ0v) is 19.0. The number of carbonyl (C=O) groups is 2. The van der Waals surface area contributed by atoms with Crippen LogP contribution in [0.3, 0.4) is 0 Å². The summed E-state index contributed by atoms with van der Waals surface area (Å²) in [6.07, 6.45) is 2.24. The van der Waals surface area contributed by atoms with E-state index >= 15 is 0 Å². The van der Waals surface area contributed by atoms with Crippen LogP contribution in [0, 0.1) is 0 Å². The average Bonchev–Trinajstić information content (AvgIpc) is 3.39. The second-order valence-corrected chi connectivity index (χ2v) is 7.52. The first kappa shape index (κ1) is 22.3. The molecule has 2 heterocycles. The number of nitrogens with zero attached hydrogens (tertiary/aromatic N) is 1. The van der Waals surface area contributed by atoms with Crippen molar-refractivity contribution in [1.82, 2.24) is 4.90 Å². The summed E-state index contributed by atoms with van der Waals surface area (Å²) in [5.74, 6) is 1.68. The third kappa shape index (κ3) is 4.24. The van der Waals surface area contributed by atoms with E-state index in [1.54, 1.807) is 44.3 Å². The number of esters is 1. The molecule has 8 nitrogen and oxygen atoms in total. The van der Waals surface area contributed by atoms with Gasteiger partial charge in [0, 0.05) is 12.2 Å². The van der Waals surface area contributed by atoms with E-state index in [1.165, 1.54) is 7.11 Å². The number of fused-ring (bicyclic) bond motifs is 1. The molecular weight excluding hydrogens is 426 g/mol. The molecule has 0 radical (unpaired) electrons. The van der Waals surface area contributed by atoms with E-state index in [4.69, 9.17) is 23.7 Å². The van der Waals surface area contributed by atoms with Crippen LogP contribution >= 0.6 is 0 Å². The molecule has 0 bridgehead atoms. The van der Waals surface area contributed by atoms with Gasteiger partial charge in [-0.3, -0.25) is 4.79 Å². The Morgan fingerprint density at radius 1 is 1.03 bits per heavy atom. The lowest BCUT2D eigenvalue weighted by Gasteiger charge is -2.18. The normalized spacial score (nSPS) is 15.9. The summed E-state index contributed by atoms with van der Waals surface area (Å²) in [6.45, 7) is 2.29. The van der Waals surface area contributed by atoms with Gasteiger partial charge in [0.05, 0.1) is 32.5 Å². The van der Waals surface area contributed by atoms with Gasteiger partial charge in [0.2, 0.25) is 6.79 Å². The number of carbonyl (C=O) groups excluding carboxylic acids is 2. The largest absolute Gasteiger partial charge is 0.493 e. The fourth-order valence-corrected chi connectivity index (χ4v) is 3.94. The van der Waals surface area contributed by atoms with Gasteiger partial charge in [-0.1, -0.05) is 12.1 Å². The van der Waals surface area contributed by atoms with Crippen LogP contribution < -0.4 is 18.9 Å². The second kappa shape index (κ2) is 9.28. The molecule has 0 saturated heterocycles. The fraction of sp³-hybridized carbons (Fsp3) is 0.280. The molecule has 2 aromatic carbocycles. The molecule has 172 valence electrons.